The van der Waals surface area contributed by atoms with Gasteiger partial charge in [0.2, 0.25) is 5.91 Å². The third-order valence-corrected chi connectivity index (χ3v) is 3.85. The number of thioether (sulfide) groups is 1. The average Bonchev–Trinajstić information content (AvgIpc) is 2.44. The molecule has 0 spiro atoms. The lowest BCUT2D eigenvalue weighted by atomic mass is 10.1. The van der Waals surface area contributed by atoms with Crippen LogP contribution in [0.5, 0.6) is 5.75 Å². The summed E-state index contributed by atoms with van der Waals surface area (Å²) in [6.07, 6.45) is 2.73. The van der Waals surface area contributed by atoms with Gasteiger partial charge in [-0.2, -0.15) is 11.8 Å². The summed E-state index contributed by atoms with van der Waals surface area (Å²) in [6.45, 7) is 2.56. The number of amides is 1. The van der Waals surface area contributed by atoms with Crippen molar-refractivity contribution >= 4 is 17.7 Å². The molecular formula is C15H24N2O2S. The summed E-state index contributed by atoms with van der Waals surface area (Å²) in [6, 6.07) is 5.53. The summed E-state index contributed by atoms with van der Waals surface area (Å²) >= 11 is 1.70. The summed E-state index contributed by atoms with van der Waals surface area (Å²) in [5, 5.41) is 0. The zero-order chi connectivity index (χ0) is 15.1. The van der Waals surface area contributed by atoms with E-state index in [2.05, 4.69) is 0 Å². The van der Waals surface area contributed by atoms with Crippen molar-refractivity contribution < 1.29 is 9.53 Å². The van der Waals surface area contributed by atoms with E-state index in [0.29, 0.717) is 13.0 Å². The third-order valence-electron chi connectivity index (χ3n) is 3.21. The van der Waals surface area contributed by atoms with Crippen LogP contribution in [0, 0.1) is 6.92 Å². The van der Waals surface area contributed by atoms with E-state index >= 15 is 0 Å². The Balaban J connectivity index is 2.63. The molecule has 0 aromatic heterocycles. The maximum atomic E-state index is 12.1. The normalized spacial score (nSPS) is 12.1. The fraction of sp³-hybridized carbons (Fsp3) is 0.533. The molecule has 1 rings (SSSR count). The highest BCUT2D eigenvalue weighted by atomic mass is 32.2. The predicted octanol–water partition coefficient (Wildman–Crippen LogP) is 2.04. The predicted molar refractivity (Wildman–Crippen MR) is 85.2 cm³/mol. The number of methoxy groups -OCH3 is 1. The molecular weight excluding hydrogens is 272 g/mol. The van der Waals surface area contributed by atoms with Crippen LogP contribution in [0.25, 0.3) is 0 Å². The third kappa shape index (κ3) is 4.72. The first-order valence-corrected chi connectivity index (χ1v) is 8.02. The van der Waals surface area contributed by atoms with Gasteiger partial charge in [0.25, 0.3) is 0 Å². The van der Waals surface area contributed by atoms with Crippen LogP contribution in [0.15, 0.2) is 18.2 Å². The Morgan fingerprint density at radius 1 is 1.50 bits per heavy atom. The Hall–Kier alpha value is -1.20. The molecule has 0 unspecified atom stereocenters. The molecule has 0 fully saturated rings. The quantitative estimate of drug-likeness (QED) is 0.836. The van der Waals surface area contributed by atoms with Crippen LogP contribution in [0.1, 0.15) is 17.5 Å². The van der Waals surface area contributed by atoms with Gasteiger partial charge in [-0.25, -0.2) is 0 Å². The molecule has 0 saturated heterocycles. The summed E-state index contributed by atoms with van der Waals surface area (Å²) in [5.41, 5.74) is 8.06. The second kappa shape index (κ2) is 8.17. The number of carbonyl (C=O) groups is 1. The Kier molecular flexibility index (Phi) is 6.88. The van der Waals surface area contributed by atoms with Crippen LogP contribution in [0.2, 0.25) is 0 Å². The van der Waals surface area contributed by atoms with E-state index in [0.717, 1.165) is 22.6 Å². The van der Waals surface area contributed by atoms with Gasteiger partial charge in [0.05, 0.1) is 13.2 Å². The molecule has 0 aliphatic rings. The average molecular weight is 296 g/mol. The number of hydrogen-bond acceptors (Lipinski definition) is 4. The van der Waals surface area contributed by atoms with Crippen LogP contribution in [0.4, 0.5) is 0 Å². The topological polar surface area (TPSA) is 55.6 Å². The fourth-order valence-electron chi connectivity index (χ4n) is 2.04. The molecule has 4 nitrogen and oxygen atoms in total. The van der Waals surface area contributed by atoms with Crippen LogP contribution in [-0.2, 0) is 11.3 Å². The summed E-state index contributed by atoms with van der Waals surface area (Å²) in [4.78, 5) is 13.8. The van der Waals surface area contributed by atoms with E-state index in [1.807, 2.05) is 31.4 Å². The van der Waals surface area contributed by atoms with Crippen molar-refractivity contribution in [2.75, 3.05) is 26.2 Å². The minimum absolute atomic E-state index is 0.00692. The van der Waals surface area contributed by atoms with Crippen molar-refractivity contribution in [3.05, 3.63) is 29.3 Å². The van der Waals surface area contributed by atoms with Crippen LogP contribution < -0.4 is 10.5 Å². The number of benzene rings is 1. The van der Waals surface area contributed by atoms with Crippen LogP contribution in [-0.4, -0.2) is 43.0 Å². The van der Waals surface area contributed by atoms with Crippen molar-refractivity contribution in [2.24, 2.45) is 5.73 Å². The Bertz CT molecular complexity index is 451. The molecule has 0 heterocycles. The lowest BCUT2D eigenvalue weighted by Gasteiger charge is -2.21. The smallest absolute Gasteiger partial charge is 0.239 e. The molecule has 0 bridgehead atoms. The van der Waals surface area contributed by atoms with Gasteiger partial charge >= 0.3 is 0 Å². The van der Waals surface area contributed by atoms with E-state index in [1.165, 1.54) is 0 Å². The molecule has 1 aromatic rings. The summed E-state index contributed by atoms with van der Waals surface area (Å²) in [5.74, 6) is 1.76. The highest BCUT2D eigenvalue weighted by molar-refractivity contribution is 7.98. The number of nitrogens with two attached hydrogens (primary N) is 1. The number of nitrogens with zero attached hydrogens (tertiary/aromatic N) is 1. The first-order valence-electron chi connectivity index (χ1n) is 6.62. The van der Waals surface area contributed by atoms with Crippen molar-refractivity contribution in [3.63, 3.8) is 0 Å². The number of likely N-dealkylation sites (N-methyl/N-ethyl adjacent to an activating group) is 1. The van der Waals surface area contributed by atoms with E-state index in [-0.39, 0.29) is 5.91 Å². The standard InChI is InChI=1S/C15H24N2O2S/c1-11-9-12(5-6-14(11)19-3)10-17(2)15(18)13(16)7-8-20-4/h5-6,9,13H,7-8,10,16H2,1-4H3/t13-/m0/s1. The maximum Gasteiger partial charge on any atom is 0.239 e. The molecule has 112 valence electrons. The molecule has 1 atom stereocenters. The van der Waals surface area contributed by atoms with E-state index in [4.69, 9.17) is 10.5 Å². The molecule has 0 aliphatic heterocycles. The monoisotopic (exact) mass is 296 g/mol. The zero-order valence-electron chi connectivity index (χ0n) is 12.7. The largest absolute Gasteiger partial charge is 0.496 e. The SMILES string of the molecule is COc1ccc(CN(C)C(=O)[C@@H](N)CCSC)cc1C. The first-order chi connectivity index (χ1) is 9.49. The van der Waals surface area contributed by atoms with Crippen molar-refractivity contribution in [1.29, 1.82) is 0 Å². The molecule has 5 heteroatoms. The number of aryl methyl sites for hydroxylation is 1. The molecule has 0 aliphatic carbocycles. The first kappa shape index (κ1) is 16.9. The van der Waals surface area contributed by atoms with Gasteiger partial charge < -0.3 is 15.4 Å². The zero-order valence-corrected chi connectivity index (χ0v) is 13.5. The molecule has 1 amide bonds. The van der Waals surface area contributed by atoms with Crippen LogP contribution in [0.3, 0.4) is 0 Å². The summed E-state index contributed by atoms with van der Waals surface area (Å²) < 4.78 is 5.23. The highest BCUT2D eigenvalue weighted by Crippen LogP contribution is 2.19. The minimum atomic E-state index is -0.410. The second-order valence-corrected chi connectivity index (χ2v) is 5.87. The number of carbonyl (C=O) groups excluding carboxylic acids is 1. The summed E-state index contributed by atoms with van der Waals surface area (Å²) in [7, 11) is 3.45. The van der Waals surface area contributed by atoms with Gasteiger partial charge in [-0.3, -0.25) is 4.79 Å². The van der Waals surface area contributed by atoms with E-state index in [1.54, 1.807) is 30.8 Å². The number of ether oxygens (including phenoxy) is 1. The van der Waals surface area contributed by atoms with Crippen molar-refractivity contribution in [2.45, 2.75) is 25.9 Å². The van der Waals surface area contributed by atoms with Crippen molar-refractivity contribution in [1.82, 2.24) is 4.90 Å². The van der Waals surface area contributed by atoms with E-state index < -0.39 is 6.04 Å². The fourth-order valence-corrected chi connectivity index (χ4v) is 2.53. The highest BCUT2D eigenvalue weighted by Gasteiger charge is 2.17. The lowest BCUT2D eigenvalue weighted by Crippen LogP contribution is -2.41. The number of hydrogen-bond donors (Lipinski definition) is 1. The second-order valence-electron chi connectivity index (χ2n) is 4.89. The molecule has 20 heavy (non-hydrogen) atoms. The minimum Gasteiger partial charge on any atom is -0.496 e. The Morgan fingerprint density at radius 2 is 2.20 bits per heavy atom. The molecule has 0 radical (unpaired) electrons. The Morgan fingerprint density at radius 3 is 2.75 bits per heavy atom. The number of rotatable bonds is 7. The van der Waals surface area contributed by atoms with Gasteiger partial charge in [0.15, 0.2) is 0 Å². The van der Waals surface area contributed by atoms with Crippen molar-refractivity contribution in [3.8, 4) is 5.75 Å². The maximum absolute atomic E-state index is 12.1. The van der Waals surface area contributed by atoms with Crippen LogP contribution >= 0.6 is 11.8 Å². The Labute approximate surface area is 125 Å². The van der Waals surface area contributed by atoms with Gasteiger partial charge in [-0.1, -0.05) is 12.1 Å². The molecule has 0 saturated carbocycles. The molecule has 2 N–H and O–H groups in total. The molecule has 1 aromatic carbocycles. The van der Waals surface area contributed by atoms with Gasteiger partial charge in [0, 0.05) is 13.6 Å². The van der Waals surface area contributed by atoms with Gasteiger partial charge in [0.1, 0.15) is 5.75 Å². The lowest BCUT2D eigenvalue weighted by molar-refractivity contribution is -0.131. The van der Waals surface area contributed by atoms with E-state index in [9.17, 15) is 4.79 Å². The van der Waals surface area contributed by atoms with Gasteiger partial charge in [-0.15, -0.1) is 0 Å². The van der Waals surface area contributed by atoms with Gasteiger partial charge in [-0.05, 0) is 42.5 Å².